The summed E-state index contributed by atoms with van der Waals surface area (Å²) < 4.78 is 40.3. The number of carboxylic acids is 1. The second kappa shape index (κ2) is 15.8. The summed E-state index contributed by atoms with van der Waals surface area (Å²) in [5, 5.41) is 11.8. The quantitative estimate of drug-likeness (QED) is 0.203. The minimum Gasteiger partial charge on any atom is -0.481 e. The summed E-state index contributed by atoms with van der Waals surface area (Å²) in [5.41, 5.74) is 0.203. The summed E-state index contributed by atoms with van der Waals surface area (Å²) in [7, 11) is 0. The number of nitrogens with zero attached hydrogens (tertiary/aromatic N) is 2. The second-order valence-corrected chi connectivity index (χ2v) is 14.7. The number of allylic oxidation sites excluding steroid dienone is 3. The molecule has 1 aromatic rings. The van der Waals surface area contributed by atoms with Gasteiger partial charge in [0.1, 0.15) is 11.4 Å². The van der Waals surface area contributed by atoms with E-state index < -0.39 is 42.1 Å². The monoisotopic (exact) mass is 679 g/mol. The summed E-state index contributed by atoms with van der Waals surface area (Å²) >= 11 is 6.35. The largest absolute Gasteiger partial charge is 0.481 e. The highest BCUT2D eigenvalue weighted by Gasteiger charge is 2.52. The lowest BCUT2D eigenvalue weighted by atomic mass is 9.75. The number of benzene rings is 1. The lowest BCUT2D eigenvalue weighted by molar-refractivity contribution is -0.137. The highest BCUT2D eigenvalue weighted by atomic mass is 35.5. The van der Waals surface area contributed by atoms with Crippen LogP contribution in [-0.2, 0) is 9.59 Å². The fraction of sp³-hybridized carbons (Fsp3) is 0.611. The summed E-state index contributed by atoms with van der Waals surface area (Å²) in [6, 6.07) is 6.44. The van der Waals surface area contributed by atoms with E-state index in [0.29, 0.717) is 48.1 Å². The van der Waals surface area contributed by atoms with Crippen molar-refractivity contribution in [2.75, 3.05) is 6.54 Å². The maximum Gasteiger partial charge on any atom is 0.392 e. The summed E-state index contributed by atoms with van der Waals surface area (Å²) in [6.45, 7) is 12.5. The molecule has 0 radical (unpaired) electrons. The molecule has 2 aliphatic rings. The van der Waals surface area contributed by atoms with Gasteiger partial charge >= 0.3 is 12.1 Å². The third-order valence-electron chi connectivity index (χ3n) is 9.10. The van der Waals surface area contributed by atoms with Gasteiger partial charge in [-0.05, 0) is 86.0 Å². The lowest BCUT2D eigenvalue weighted by Gasteiger charge is -2.46. The van der Waals surface area contributed by atoms with Crippen LogP contribution >= 0.6 is 11.6 Å². The number of hydrogen-bond donors (Lipinski definition) is 2. The Labute approximate surface area is 281 Å². The molecular formula is C36H49ClF3N3O4. The van der Waals surface area contributed by atoms with Crippen LogP contribution in [0.5, 0.6) is 0 Å². The molecule has 3 rings (SSSR count). The SMILES string of the molecule is CC/C(Cl)=C\C(=C/CC(F)(F)F)C1=NC2(CCC(C(C)C)CC2)N([C@H](CCC(C)(C)C)c2ccc(C(=O)NCCC(=O)O)cc2)C1=O. The first kappa shape index (κ1) is 38.3. The predicted octanol–water partition coefficient (Wildman–Crippen LogP) is 9.00. The fourth-order valence-electron chi connectivity index (χ4n) is 6.33. The maximum absolute atomic E-state index is 14.6. The molecular weight excluding hydrogens is 631 g/mol. The zero-order chi connectivity index (χ0) is 35.2. The van der Waals surface area contributed by atoms with Gasteiger partial charge in [0.05, 0.1) is 18.9 Å². The van der Waals surface area contributed by atoms with Crippen LogP contribution in [0.4, 0.5) is 13.2 Å². The number of rotatable bonds is 13. The van der Waals surface area contributed by atoms with Crippen LogP contribution in [0.1, 0.15) is 121 Å². The number of alkyl halides is 3. The van der Waals surface area contributed by atoms with Crippen LogP contribution in [0.25, 0.3) is 0 Å². The van der Waals surface area contributed by atoms with Crippen molar-refractivity contribution in [2.24, 2.45) is 22.2 Å². The number of carbonyl (C=O) groups excluding carboxylic acids is 2. The molecule has 0 bridgehead atoms. The number of nitrogens with one attached hydrogen (secondary N) is 1. The van der Waals surface area contributed by atoms with Gasteiger partial charge in [-0.3, -0.25) is 19.4 Å². The van der Waals surface area contributed by atoms with Gasteiger partial charge in [-0.2, -0.15) is 13.2 Å². The normalized spacial score (nSPS) is 21.8. The van der Waals surface area contributed by atoms with Crippen LogP contribution in [0.15, 0.2) is 52.0 Å². The highest BCUT2D eigenvalue weighted by molar-refractivity contribution is 6.48. The molecule has 1 aliphatic heterocycles. The van der Waals surface area contributed by atoms with E-state index in [4.69, 9.17) is 21.7 Å². The third kappa shape index (κ3) is 10.7. The first-order chi connectivity index (χ1) is 21.9. The minimum atomic E-state index is -4.47. The number of halogens is 4. The predicted molar refractivity (Wildman–Crippen MR) is 179 cm³/mol. The fourth-order valence-corrected chi connectivity index (χ4v) is 6.45. The molecule has 1 spiro atoms. The van der Waals surface area contributed by atoms with E-state index in [-0.39, 0.29) is 29.7 Å². The van der Waals surface area contributed by atoms with E-state index in [9.17, 15) is 27.6 Å². The number of carboxylic acid groups (broad SMARTS) is 1. The first-order valence-electron chi connectivity index (χ1n) is 16.5. The van der Waals surface area contributed by atoms with Gasteiger partial charge in [0.2, 0.25) is 0 Å². The average molecular weight is 680 g/mol. The highest BCUT2D eigenvalue weighted by Crippen LogP contribution is 2.49. The van der Waals surface area contributed by atoms with Gasteiger partial charge in [0.25, 0.3) is 11.8 Å². The van der Waals surface area contributed by atoms with Gasteiger partial charge in [0, 0.05) is 22.7 Å². The number of hydrogen-bond acceptors (Lipinski definition) is 4. The molecule has 7 nitrogen and oxygen atoms in total. The van der Waals surface area contributed by atoms with E-state index in [1.54, 1.807) is 31.2 Å². The Hall–Kier alpha value is -3.14. The molecule has 11 heteroatoms. The molecule has 1 fully saturated rings. The zero-order valence-corrected chi connectivity index (χ0v) is 29.1. The van der Waals surface area contributed by atoms with Crippen molar-refractivity contribution in [2.45, 2.75) is 117 Å². The van der Waals surface area contributed by atoms with E-state index in [0.717, 1.165) is 30.9 Å². The Morgan fingerprint density at radius 3 is 2.28 bits per heavy atom. The van der Waals surface area contributed by atoms with E-state index in [2.05, 4.69) is 39.9 Å². The summed E-state index contributed by atoms with van der Waals surface area (Å²) in [5.74, 6) is -0.958. The third-order valence-corrected chi connectivity index (χ3v) is 9.48. The molecule has 2 N–H and O–H groups in total. The van der Waals surface area contributed by atoms with Crippen LogP contribution in [0.2, 0.25) is 0 Å². The van der Waals surface area contributed by atoms with Gasteiger partial charge in [-0.25, -0.2) is 0 Å². The smallest absolute Gasteiger partial charge is 0.392 e. The zero-order valence-electron chi connectivity index (χ0n) is 28.3. The molecule has 0 unspecified atom stereocenters. The van der Waals surface area contributed by atoms with Crippen molar-refractivity contribution < 1.29 is 32.7 Å². The number of amides is 2. The number of carbonyl (C=O) groups is 3. The summed E-state index contributed by atoms with van der Waals surface area (Å²) in [4.78, 5) is 45.0. The van der Waals surface area contributed by atoms with Crippen molar-refractivity contribution in [3.63, 3.8) is 0 Å². The standard InChI is InChI=1S/C36H49ClF3N3O4/c1-7-28(37)22-27(14-20-36(38,39)40)31-33(47)43(35(42-31)18-12-24(13-19-35)23(2)3)29(15-17-34(4,5)6)25-8-10-26(11-9-25)32(46)41-21-16-30(44)45/h8-11,14,22-24,29H,7,12-13,15-21H2,1-6H3,(H,41,46)(H,44,45)/b27-14+,28-22+/t24?,29-,35?/m1/s1. The first-order valence-corrected chi connectivity index (χ1v) is 16.9. The van der Waals surface area contributed by atoms with Crippen molar-refractivity contribution in [3.05, 3.63) is 58.1 Å². The molecule has 1 aliphatic carbocycles. The maximum atomic E-state index is 14.6. The Morgan fingerprint density at radius 2 is 1.77 bits per heavy atom. The molecule has 1 saturated carbocycles. The molecule has 0 aromatic heterocycles. The van der Waals surface area contributed by atoms with Gasteiger partial charge in [0.15, 0.2) is 0 Å². The topological polar surface area (TPSA) is 99.1 Å². The van der Waals surface area contributed by atoms with Crippen molar-refractivity contribution in [1.82, 2.24) is 10.2 Å². The van der Waals surface area contributed by atoms with Gasteiger partial charge in [-0.15, -0.1) is 0 Å². The van der Waals surface area contributed by atoms with Crippen LogP contribution in [-0.4, -0.2) is 51.9 Å². The minimum absolute atomic E-state index is 0.000894. The Balaban J connectivity index is 2.12. The van der Waals surface area contributed by atoms with Crippen molar-refractivity contribution in [1.29, 1.82) is 0 Å². The van der Waals surface area contributed by atoms with Gasteiger partial charge < -0.3 is 15.3 Å². The number of aliphatic carboxylic acids is 1. The number of aliphatic imine (C=N–C) groups is 1. The van der Waals surface area contributed by atoms with Gasteiger partial charge in [-0.1, -0.05) is 71.4 Å². The Kier molecular flexibility index (Phi) is 12.9. The van der Waals surface area contributed by atoms with E-state index >= 15 is 0 Å². The average Bonchev–Trinajstić information content (AvgIpc) is 3.25. The van der Waals surface area contributed by atoms with E-state index in [1.807, 2.05) is 4.90 Å². The molecule has 0 saturated heterocycles. The Morgan fingerprint density at radius 1 is 1.15 bits per heavy atom. The van der Waals surface area contributed by atoms with Crippen LogP contribution in [0.3, 0.4) is 0 Å². The molecule has 1 atom stereocenters. The van der Waals surface area contributed by atoms with Crippen LogP contribution in [0, 0.1) is 17.3 Å². The second-order valence-electron chi connectivity index (χ2n) is 14.3. The van der Waals surface area contributed by atoms with Crippen molar-refractivity contribution in [3.8, 4) is 0 Å². The summed E-state index contributed by atoms with van der Waals surface area (Å²) in [6.07, 6.45) is 1.09. The van der Waals surface area contributed by atoms with Crippen LogP contribution < -0.4 is 5.32 Å². The molecule has 47 heavy (non-hydrogen) atoms. The van der Waals surface area contributed by atoms with E-state index in [1.165, 1.54) is 6.08 Å². The molecule has 260 valence electrons. The Bertz CT molecular complexity index is 1370. The molecule has 1 aromatic carbocycles. The molecule has 2 amide bonds. The van der Waals surface area contributed by atoms with Crippen molar-refractivity contribution >= 4 is 35.1 Å². The lowest BCUT2D eigenvalue weighted by Crippen LogP contribution is -2.51. The molecule has 1 heterocycles.